The zero-order valence-corrected chi connectivity index (χ0v) is 11.3. The third-order valence-corrected chi connectivity index (χ3v) is 2.61. The van der Waals surface area contributed by atoms with Gasteiger partial charge >= 0.3 is 5.97 Å². The third kappa shape index (κ3) is 2.76. The minimum Gasteiger partial charge on any atom is -0.477 e. The number of aromatic nitrogens is 2. The molecule has 0 radical (unpaired) electrons. The highest BCUT2D eigenvalue weighted by atomic mass is 16.5. The van der Waals surface area contributed by atoms with Gasteiger partial charge in [0, 0.05) is 7.11 Å². The van der Waals surface area contributed by atoms with Crippen molar-refractivity contribution in [2.45, 2.75) is 33.8 Å². The van der Waals surface area contributed by atoms with Gasteiger partial charge in [-0.15, -0.1) is 0 Å². The fourth-order valence-corrected chi connectivity index (χ4v) is 1.85. The van der Waals surface area contributed by atoms with Crippen molar-refractivity contribution < 1.29 is 14.6 Å². The van der Waals surface area contributed by atoms with E-state index in [0.29, 0.717) is 11.5 Å². The Balaban J connectivity index is 3.33. The summed E-state index contributed by atoms with van der Waals surface area (Å²) in [6.07, 6.45) is -0.346. The largest absolute Gasteiger partial charge is 0.477 e. The molecule has 0 aliphatic heterocycles. The van der Waals surface area contributed by atoms with Crippen LogP contribution in [-0.4, -0.2) is 28.2 Å². The first-order chi connectivity index (χ1) is 8.18. The molecule has 0 fully saturated rings. The highest BCUT2D eigenvalue weighted by Gasteiger charge is 2.30. The molecule has 1 aromatic rings. The molecule has 0 aliphatic rings. The van der Waals surface area contributed by atoms with Crippen LogP contribution < -0.4 is 5.73 Å². The molecular weight excluding hydrogens is 234 g/mol. The Morgan fingerprint density at radius 1 is 1.39 bits per heavy atom. The number of aryl methyl sites for hydroxylation is 1. The van der Waals surface area contributed by atoms with Crippen molar-refractivity contribution in [3.8, 4) is 0 Å². The number of nitrogen functional groups attached to an aromatic ring is 1. The van der Waals surface area contributed by atoms with E-state index in [1.165, 1.54) is 0 Å². The summed E-state index contributed by atoms with van der Waals surface area (Å²) in [5.74, 6) is -0.748. The van der Waals surface area contributed by atoms with Crippen molar-refractivity contribution in [3.63, 3.8) is 0 Å². The van der Waals surface area contributed by atoms with Crippen molar-refractivity contribution in [2.75, 3.05) is 12.8 Å². The van der Waals surface area contributed by atoms with Crippen molar-refractivity contribution in [1.82, 2.24) is 9.97 Å². The summed E-state index contributed by atoms with van der Waals surface area (Å²) in [6, 6.07) is 0. The Morgan fingerprint density at radius 2 is 1.94 bits per heavy atom. The first kappa shape index (κ1) is 14.4. The predicted molar refractivity (Wildman–Crippen MR) is 67.3 cm³/mol. The van der Waals surface area contributed by atoms with E-state index in [2.05, 4.69) is 9.97 Å². The van der Waals surface area contributed by atoms with Gasteiger partial charge < -0.3 is 15.6 Å². The van der Waals surface area contributed by atoms with Crippen LogP contribution in [0.5, 0.6) is 0 Å². The van der Waals surface area contributed by atoms with Gasteiger partial charge in [-0.05, 0) is 12.3 Å². The average molecular weight is 253 g/mol. The molecule has 0 aliphatic carbocycles. The molecule has 0 aromatic carbocycles. The second-order valence-electron chi connectivity index (χ2n) is 5.21. The first-order valence-electron chi connectivity index (χ1n) is 5.58. The Kier molecular flexibility index (Phi) is 3.91. The molecule has 0 saturated heterocycles. The number of ether oxygens (including phenoxy) is 1. The van der Waals surface area contributed by atoms with E-state index in [-0.39, 0.29) is 22.9 Å². The second-order valence-corrected chi connectivity index (χ2v) is 5.21. The Hall–Kier alpha value is -1.69. The van der Waals surface area contributed by atoms with Crippen LogP contribution in [0.4, 0.5) is 5.82 Å². The van der Waals surface area contributed by atoms with Crippen molar-refractivity contribution >= 4 is 11.8 Å². The van der Waals surface area contributed by atoms with Crippen molar-refractivity contribution in [1.29, 1.82) is 0 Å². The molecule has 1 heterocycles. The molecule has 6 nitrogen and oxygen atoms in total. The lowest BCUT2D eigenvalue weighted by atomic mass is 9.88. The lowest BCUT2D eigenvalue weighted by Crippen LogP contribution is -2.24. The van der Waals surface area contributed by atoms with Crippen molar-refractivity contribution in [2.24, 2.45) is 5.41 Å². The van der Waals surface area contributed by atoms with Gasteiger partial charge in [0.25, 0.3) is 0 Å². The number of nitrogens with two attached hydrogens (primary N) is 1. The summed E-state index contributed by atoms with van der Waals surface area (Å²) >= 11 is 0. The van der Waals surface area contributed by atoms with Crippen LogP contribution in [0, 0.1) is 12.3 Å². The van der Waals surface area contributed by atoms with Gasteiger partial charge in [-0.2, -0.15) is 0 Å². The van der Waals surface area contributed by atoms with Gasteiger partial charge in [-0.25, -0.2) is 14.8 Å². The number of rotatable bonds is 3. The van der Waals surface area contributed by atoms with Crippen LogP contribution in [0.15, 0.2) is 0 Å². The van der Waals surface area contributed by atoms with Gasteiger partial charge in [0.05, 0.1) is 5.69 Å². The van der Waals surface area contributed by atoms with E-state index in [0.717, 1.165) is 0 Å². The van der Waals surface area contributed by atoms with Gasteiger partial charge in [0.1, 0.15) is 17.5 Å². The molecule has 1 rings (SSSR count). The van der Waals surface area contributed by atoms with E-state index in [9.17, 15) is 4.79 Å². The highest BCUT2D eigenvalue weighted by molar-refractivity contribution is 5.93. The van der Waals surface area contributed by atoms with E-state index < -0.39 is 5.97 Å². The number of hydrogen-bond acceptors (Lipinski definition) is 5. The van der Waals surface area contributed by atoms with Crippen LogP contribution in [0.25, 0.3) is 0 Å². The monoisotopic (exact) mass is 253 g/mol. The van der Waals surface area contributed by atoms with Crippen LogP contribution in [0.2, 0.25) is 0 Å². The zero-order chi connectivity index (χ0) is 14.1. The predicted octanol–water partition coefficient (Wildman–Crippen LogP) is 1.80. The molecule has 1 aromatic heterocycles. The normalized spacial score (nSPS) is 13.4. The van der Waals surface area contributed by atoms with E-state index in [4.69, 9.17) is 15.6 Å². The number of carboxylic acids is 1. The van der Waals surface area contributed by atoms with Gasteiger partial charge in [-0.3, -0.25) is 0 Å². The lowest BCUT2D eigenvalue weighted by molar-refractivity contribution is 0.00861. The first-order valence-corrected chi connectivity index (χ1v) is 5.58. The molecule has 6 heteroatoms. The summed E-state index contributed by atoms with van der Waals surface area (Å²) in [6.45, 7) is 7.56. The number of anilines is 1. The van der Waals surface area contributed by atoms with Crippen molar-refractivity contribution in [3.05, 3.63) is 17.1 Å². The molecule has 3 N–H and O–H groups in total. The molecule has 0 bridgehead atoms. The van der Waals surface area contributed by atoms with E-state index in [1.807, 2.05) is 20.8 Å². The van der Waals surface area contributed by atoms with Gasteiger partial charge in [0.2, 0.25) is 0 Å². The zero-order valence-electron chi connectivity index (χ0n) is 11.3. The molecule has 18 heavy (non-hydrogen) atoms. The summed E-state index contributed by atoms with van der Waals surface area (Å²) in [4.78, 5) is 19.2. The number of carboxylic acid groups (broad SMARTS) is 1. The quantitative estimate of drug-likeness (QED) is 0.852. The maximum atomic E-state index is 11.0. The number of hydrogen-bond donors (Lipinski definition) is 2. The fraction of sp³-hybridized carbons (Fsp3) is 0.583. The maximum Gasteiger partial charge on any atom is 0.341 e. The Morgan fingerprint density at radius 3 is 2.28 bits per heavy atom. The van der Waals surface area contributed by atoms with Crippen LogP contribution in [0.1, 0.15) is 48.8 Å². The molecular formula is C12H19N3O3. The lowest BCUT2D eigenvalue weighted by Gasteiger charge is -2.28. The standard InChI is InChI=1S/C12H19N3O3/c1-6-7(11(16)17)9(13)15-10(14-6)8(18-5)12(2,3)4/h8H,1-5H3,(H,16,17)(H2,13,14,15). The van der Waals surface area contributed by atoms with Crippen LogP contribution in [-0.2, 0) is 4.74 Å². The molecule has 1 unspecified atom stereocenters. The maximum absolute atomic E-state index is 11.0. The SMILES string of the molecule is COC(c1nc(C)c(C(=O)O)c(N)n1)C(C)(C)C. The Bertz CT molecular complexity index is 443. The molecule has 0 spiro atoms. The topological polar surface area (TPSA) is 98.3 Å². The molecule has 1 atom stereocenters. The summed E-state index contributed by atoms with van der Waals surface area (Å²) in [5, 5.41) is 9.00. The minimum atomic E-state index is -1.12. The number of carbonyl (C=O) groups is 1. The van der Waals surface area contributed by atoms with E-state index >= 15 is 0 Å². The fourth-order valence-electron chi connectivity index (χ4n) is 1.85. The second kappa shape index (κ2) is 4.89. The smallest absolute Gasteiger partial charge is 0.341 e. The van der Waals surface area contributed by atoms with Crippen LogP contribution in [0.3, 0.4) is 0 Å². The minimum absolute atomic E-state index is 0.0312. The van der Waals surface area contributed by atoms with Crippen LogP contribution >= 0.6 is 0 Å². The summed E-state index contributed by atoms with van der Waals surface area (Å²) in [7, 11) is 1.57. The highest BCUT2D eigenvalue weighted by Crippen LogP contribution is 2.34. The number of aromatic carboxylic acids is 1. The van der Waals surface area contributed by atoms with E-state index in [1.54, 1.807) is 14.0 Å². The average Bonchev–Trinajstić information content (AvgIpc) is 2.13. The number of methoxy groups -OCH3 is 1. The Labute approximate surface area is 106 Å². The number of nitrogens with zero attached hydrogens (tertiary/aromatic N) is 2. The summed E-state index contributed by atoms with van der Waals surface area (Å²) in [5.41, 5.74) is 5.75. The molecule has 0 amide bonds. The summed E-state index contributed by atoms with van der Waals surface area (Å²) < 4.78 is 5.38. The van der Waals surface area contributed by atoms with Gasteiger partial charge in [0.15, 0.2) is 5.82 Å². The molecule has 100 valence electrons. The molecule has 0 saturated carbocycles. The third-order valence-electron chi connectivity index (χ3n) is 2.61. The van der Waals surface area contributed by atoms with Gasteiger partial charge in [-0.1, -0.05) is 20.8 Å².